The molecule has 0 spiro atoms. The summed E-state index contributed by atoms with van der Waals surface area (Å²) in [5, 5.41) is 6.24. The smallest absolute Gasteiger partial charge is 0.239 e. The number of benzene rings is 1. The fourth-order valence-corrected chi connectivity index (χ4v) is 2.00. The van der Waals surface area contributed by atoms with Gasteiger partial charge in [0.15, 0.2) is 0 Å². The zero-order chi connectivity index (χ0) is 15.7. The molecule has 0 unspecified atom stereocenters. The van der Waals surface area contributed by atoms with Crippen LogP contribution in [0.25, 0.3) is 0 Å². The molecule has 0 aliphatic rings. The van der Waals surface area contributed by atoms with Crippen LogP contribution in [-0.4, -0.2) is 45.8 Å². The summed E-state index contributed by atoms with van der Waals surface area (Å²) in [4.78, 5) is 13.8. The first-order chi connectivity index (χ1) is 10.0. The van der Waals surface area contributed by atoms with Gasteiger partial charge in [0, 0.05) is 39.0 Å². The van der Waals surface area contributed by atoms with Crippen molar-refractivity contribution in [1.29, 1.82) is 0 Å². The highest BCUT2D eigenvalue weighted by Crippen LogP contribution is 2.18. The normalized spacial score (nSPS) is 10.7. The van der Waals surface area contributed by atoms with Crippen molar-refractivity contribution in [2.45, 2.75) is 26.4 Å². The molecule has 1 amide bonds. The molecule has 0 saturated heterocycles. The second kappa shape index (κ2) is 9.37. The van der Waals surface area contributed by atoms with Crippen molar-refractivity contribution in [3.8, 4) is 0 Å². The van der Waals surface area contributed by atoms with Crippen LogP contribution in [0.5, 0.6) is 0 Å². The molecule has 0 aliphatic carbocycles. The van der Waals surface area contributed by atoms with Crippen LogP contribution < -0.4 is 15.5 Å². The van der Waals surface area contributed by atoms with Gasteiger partial charge < -0.3 is 20.3 Å². The van der Waals surface area contributed by atoms with Gasteiger partial charge in [0.2, 0.25) is 5.91 Å². The third-order valence-corrected chi connectivity index (χ3v) is 3.11. The highest BCUT2D eigenvalue weighted by atomic mass is 16.5. The number of hydrogen-bond acceptors (Lipinski definition) is 4. The van der Waals surface area contributed by atoms with Crippen LogP contribution in [0.2, 0.25) is 0 Å². The quantitative estimate of drug-likeness (QED) is 0.676. The average molecular weight is 293 g/mol. The van der Waals surface area contributed by atoms with E-state index in [4.69, 9.17) is 4.74 Å². The summed E-state index contributed by atoms with van der Waals surface area (Å²) in [7, 11) is 3.56. The van der Waals surface area contributed by atoms with Crippen LogP contribution in [0, 0.1) is 0 Å². The molecule has 0 saturated carbocycles. The van der Waals surface area contributed by atoms with Gasteiger partial charge in [-0.15, -0.1) is 0 Å². The number of nitrogens with zero attached hydrogens (tertiary/aromatic N) is 1. The van der Waals surface area contributed by atoms with Crippen molar-refractivity contribution >= 4 is 11.6 Å². The molecule has 2 N–H and O–H groups in total. The molecular formula is C16H27N3O2. The summed E-state index contributed by atoms with van der Waals surface area (Å²) in [5.74, 6) is 0.00109. The topological polar surface area (TPSA) is 53.6 Å². The van der Waals surface area contributed by atoms with Gasteiger partial charge in [-0.3, -0.25) is 4.79 Å². The first-order valence-corrected chi connectivity index (χ1v) is 7.32. The SMILES string of the molecule is COCCNC(=O)CN(C)c1ccccc1CNC(C)C. The second-order valence-corrected chi connectivity index (χ2v) is 5.36. The van der Waals surface area contributed by atoms with Gasteiger partial charge in [0.05, 0.1) is 13.2 Å². The number of para-hydroxylation sites is 1. The van der Waals surface area contributed by atoms with E-state index in [1.54, 1.807) is 7.11 Å². The second-order valence-electron chi connectivity index (χ2n) is 5.36. The summed E-state index contributed by atoms with van der Waals surface area (Å²) in [6.07, 6.45) is 0. The largest absolute Gasteiger partial charge is 0.383 e. The maximum absolute atomic E-state index is 11.9. The lowest BCUT2D eigenvalue weighted by molar-refractivity contribution is -0.119. The minimum absolute atomic E-state index is 0.00109. The Balaban J connectivity index is 2.60. The summed E-state index contributed by atoms with van der Waals surface area (Å²) < 4.78 is 4.92. The fraction of sp³-hybridized carbons (Fsp3) is 0.562. The lowest BCUT2D eigenvalue weighted by Gasteiger charge is -2.22. The van der Waals surface area contributed by atoms with Crippen LogP contribution >= 0.6 is 0 Å². The van der Waals surface area contributed by atoms with Gasteiger partial charge in [-0.1, -0.05) is 32.0 Å². The summed E-state index contributed by atoms with van der Waals surface area (Å²) in [5.41, 5.74) is 2.27. The fourth-order valence-electron chi connectivity index (χ4n) is 2.00. The molecule has 5 heteroatoms. The molecule has 1 rings (SSSR count). The van der Waals surface area contributed by atoms with Crippen LogP contribution in [-0.2, 0) is 16.1 Å². The van der Waals surface area contributed by atoms with Crippen LogP contribution in [0.4, 0.5) is 5.69 Å². The van der Waals surface area contributed by atoms with Crippen molar-refractivity contribution in [1.82, 2.24) is 10.6 Å². The van der Waals surface area contributed by atoms with E-state index in [-0.39, 0.29) is 5.91 Å². The molecule has 0 radical (unpaired) electrons. The number of nitrogens with one attached hydrogen (secondary N) is 2. The molecule has 0 fully saturated rings. The van der Waals surface area contributed by atoms with Crippen LogP contribution in [0.3, 0.4) is 0 Å². The Bertz CT molecular complexity index is 435. The van der Waals surface area contributed by atoms with Crippen molar-refractivity contribution in [3.05, 3.63) is 29.8 Å². The monoisotopic (exact) mass is 293 g/mol. The zero-order valence-corrected chi connectivity index (χ0v) is 13.5. The number of ether oxygens (including phenoxy) is 1. The van der Waals surface area contributed by atoms with E-state index in [1.807, 2.05) is 30.1 Å². The van der Waals surface area contributed by atoms with E-state index in [9.17, 15) is 4.79 Å². The average Bonchev–Trinajstić information content (AvgIpc) is 2.45. The Kier molecular flexibility index (Phi) is 7.79. The molecule has 0 heterocycles. The number of rotatable bonds is 9. The first-order valence-electron chi connectivity index (χ1n) is 7.32. The minimum atomic E-state index is 0.00109. The highest BCUT2D eigenvalue weighted by Gasteiger charge is 2.10. The van der Waals surface area contributed by atoms with E-state index in [0.717, 1.165) is 12.2 Å². The molecule has 21 heavy (non-hydrogen) atoms. The van der Waals surface area contributed by atoms with E-state index >= 15 is 0 Å². The van der Waals surface area contributed by atoms with E-state index in [2.05, 4.69) is 30.5 Å². The third kappa shape index (κ3) is 6.60. The molecule has 1 aromatic carbocycles. The summed E-state index contributed by atoms with van der Waals surface area (Å²) in [6, 6.07) is 8.57. The van der Waals surface area contributed by atoms with Gasteiger partial charge in [-0.05, 0) is 11.6 Å². The predicted molar refractivity (Wildman–Crippen MR) is 86.6 cm³/mol. The van der Waals surface area contributed by atoms with Gasteiger partial charge >= 0.3 is 0 Å². The van der Waals surface area contributed by atoms with E-state index in [0.29, 0.717) is 25.7 Å². The predicted octanol–water partition coefficient (Wildman–Crippen LogP) is 1.38. The van der Waals surface area contributed by atoms with E-state index in [1.165, 1.54) is 5.56 Å². The maximum Gasteiger partial charge on any atom is 0.239 e. The lowest BCUT2D eigenvalue weighted by Crippen LogP contribution is -2.37. The Hall–Kier alpha value is -1.59. The van der Waals surface area contributed by atoms with Crippen molar-refractivity contribution < 1.29 is 9.53 Å². The highest BCUT2D eigenvalue weighted by molar-refractivity contribution is 5.81. The lowest BCUT2D eigenvalue weighted by atomic mass is 10.1. The summed E-state index contributed by atoms with van der Waals surface area (Å²) in [6.45, 7) is 6.45. The number of carbonyl (C=O) groups excluding carboxylic acids is 1. The van der Waals surface area contributed by atoms with Crippen LogP contribution in [0.15, 0.2) is 24.3 Å². The summed E-state index contributed by atoms with van der Waals surface area (Å²) >= 11 is 0. The molecule has 0 aliphatic heterocycles. The number of methoxy groups -OCH3 is 1. The Labute approximate surface area is 127 Å². The maximum atomic E-state index is 11.9. The number of anilines is 1. The zero-order valence-electron chi connectivity index (χ0n) is 13.5. The molecule has 0 bridgehead atoms. The molecule has 118 valence electrons. The Morgan fingerprint density at radius 2 is 2.05 bits per heavy atom. The number of likely N-dealkylation sites (N-methyl/N-ethyl adjacent to an activating group) is 1. The van der Waals surface area contributed by atoms with Crippen LogP contribution in [0.1, 0.15) is 19.4 Å². The van der Waals surface area contributed by atoms with Crippen molar-refractivity contribution in [2.75, 3.05) is 38.8 Å². The molecule has 0 atom stereocenters. The number of amides is 1. The molecule has 0 aromatic heterocycles. The Morgan fingerprint density at radius 3 is 2.71 bits per heavy atom. The third-order valence-electron chi connectivity index (χ3n) is 3.11. The Morgan fingerprint density at radius 1 is 1.33 bits per heavy atom. The van der Waals surface area contributed by atoms with Gasteiger partial charge in [0.1, 0.15) is 0 Å². The molecular weight excluding hydrogens is 266 g/mol. The molecule has 5 nitrogen and oxygen atoms in total. The minimum Gasteiger partial charge on any atom is -0.383 e. The van der Waals surface area contributed by atoms with Gasteiger partial charge in [0.25, 0.3) is 0 Å². The van der Waals surface area contributed by atoms with E-state index < -0.39 is 0 Å². The number of hydrogen-bond donors (Lipinski definition) is 2. The van der Waals surface area contributed by atoms with Crippen molar-refractivity contribution in [3.63, 3.8) is 0 Å². The van der Waals surface area contributed by atoms with Gasteiger partial charge in [-0.2, -0.15) is 0 Å². The standard InChI is InChI=1S/C16H27N3O2/c1-13(2)18-11-14-7-5-6-8-15(14)19(3)12-16(20)17-9-10-21-4/h5-8,13,18H,9-12H2,1-4H3,(H,17,20). The number of carbonyl (C=O) groups is 1. The van der Waals surface area contributed by atoms with Gasteiger partial charge in [-0.25, -0.2) is 0 Å². The molecule has 1 aromatic rings. The van der Waals surface area contributed by atoms with Crippen molar-refractivity contribution in [2.24, 2.45) is 0 Å². The first kappa shape index (κ1) is 17.5.